The van der Waals surface area contributed by atoms with E-state index < -0.39 is 5.91 Å². The highest BCUT2D eigenvalue weighted by Gasteiger charge is 2.16. The van der Waals surface area contributed by atoms with Gasteiger partial charge >= 0.3 is 0 Å². The number of hydrogen-bond donors (Lipinski definition) is 2. The maximum Gasteiger partial charge on any atom is 0.267 e. The van der Waals surface area contributed by atoms with E-state index in [4.69, 9.17) is 24.2 Å². The number of carbonyl (C=O) groups excluding carboxylic acids is 1. The average molecular weight is 386 g/mol. The predicted molar refractivity (Wildman–Crippen MR) is 104 cm³/mol. The summed E-state index contributed by atoms with van der Waals surface area (Å²) in [6.45, 7) is 4.11. The van der Waals surface area contributed by atoms with Crippen LogP contribution in [0.5, 0.6) is 23.0 Å². The maximum absolute atomic E-state index is 11.3. The Hall–Kier alpha value is -3.52. The summed E-state index contributed by atoms with van der Waals surface area (Å²) in [5.41, 5.74) is 3.79. The molecule has 1 heterocycles. The van der Waals surface area contributed by atoms with Gasteiger partial charge in [-0.2, -0.15) is 0 Å². The molecule has 2 N–H and O–H groups in total. The summed E-state index contributed by atoms with van der Waals surface area (Å²) in [4.78, 5) is 15.7. The van der Waals surface area contributed by atoms with Gasteiger partial charge in [0.2, 0.25) is 5.75 Å². The third kappa shape index (κ3) is 4.41. The minimum atomic E-state index is -0.683. The molecule has 0 saturated carbocycles. The molecular formula is C20H22N2O6. The van der Waals surface area contributed by atoms with E-state index in [9.17, 15) is 4.79 Å². The first-order valence-corrected chi connectivity index (χ1v) is 8.15. The van der Waals surface area contributed by atoms with E-state index in [1.165, 1.54) is 40.0 Å². The molecule has 8 nitrogen and oxygen atoms in total. The van der Waals surface area contributed by atoms with Crippen molar-refractivity contribution in [2.45, 2.75) is 0 Å². The second-order valence-corrected chi connectivity index (χ2v) is 5.49. The summed E-state index contributed by atoms with van der Waals surface area (Å²) in [5.74, 6) is 1.24. The molecule has 1 aromatic heterocycles. The quantitative estimate of drug-likeness (QED) is 0.409. The number of nitrogens with zero attached hydrogens (tertiary/aromatic N) is 1. The second kappa shape index (κ2) is 9.43. The number of methoxy groups -OCH3 is 4. The first-order chi connectivity index (χ1) is 13.5. The van der Waals surface area contributed by atoms with Crippen molar-refractivity contribution < 1.29 is 28.9 Å². The van der Waals surface area contributed by atoms with E-state index in [-0.39, 0.29) is 0 Å². The molecule has 0 aliphatic rings. The number of amides is 1. The van der Waals surface area contributed by atoms with Gasteiger partial charge in [0.25, 0.3) is 5.91 Å². The van der Waals surface area contributed by atoms with E-state index in [1.54, 1.807) is 24.3 Å². The molecule has 1 amide bonds. The molecule has 148 valence electrons. The molecule has 8 heteroatoms. The van der Waals surface area contributed by atoms with Gasteiger partial charge in [-0.25, -0.2) is 10.5 Å². The van der Waals surface area contributed by atoms with Crippen LogP contribution >= 0.6 is 0 Å². The van der Waals surface area contributed by atoms with E-state index in [0.717, 1.165) is 11.6 Å². The van der Waals surface area contributed by atoms with Crippen molar-refractivity contribution in [1.82, 2.24) is 10.5 Å². The van der Waals surface area contributed by atoms with Crippen LogP contribution in [0.2, 0.25) is 0 Å². The Labute approximate surface area is 163 Å². The Morgan fingerprint density at radius 3 is 2.14 bits per heavy atom. The van der Waals surface area contributed by atoms with E-state index in [2.05, 4.69) is 11.6 Å². The van der Waals surface area contributed by atoms with Crippen molar-refractivity contribution in [3.63, 3.8) is 0 Å². The highest BCUT2D eigenvalue weighted by atomic mass is 16.5. The lowest BCUT2D eigenvalue weighted by molar-refractivity contribution is -0.124. The predicted octanol–water partition coefficient (Wildman–Crippen LogP) is 2.70. The summed E-state index contributed by atoms with van der Waals surface area (Å²) in [6.07, 6.45) is 2.56. The number of hydrogen-bond acceptors (Lipinski definition) is 7. The van der Waals surface area contributed by atoms with Crippen LogP contribution in [0, 0.1) is 0 Å². The topological polar surface area (TPSA) is 99.1 Å². The van der Waals surface area contributed by atoms with Crippen molar-refractivity contribution in [3.8, 4) is 23.0 Å². The highest BCUT2D eigenvalue weighted by molar-refractivity contribution is 5.91. The SMILES string of the molecule is C=C(c1cc(OC)c(OC)c(OC)c1)c1ccc(OC)c(/C=C/C(=O)NO)n1. The number of pyridine rings is 1. The zero-order valence-electron chi connectivity index (χ0n) is 16.1. The Morgan fingerprint density at radius 2 is 1.64 bits per heavy atom. The molecular weight excluding hydrogens is 364 g/mol. The number of ether oxygens (including phenoxy) is 4. The summed E-state index contributed by atoms with van der Waals surface area (Å²) in [6, 6.07) is 6.99. The molecule has 0 fully saturated rings. The average Bonchev–Trinajstić information content (AvgIpc) is 2.75. The summed E-state index contributed by atoms with van der Waals surface area (Å²) >= 11 is 0. The standard InChI is InChI=1S/C20H22N2O6/c1-12(13-10-17(26-3)20(28-5)18(11-13)27-4)14-6-8-16(25-2)15(21-14)7-9-19(23)22-24/h6-11,24H,1H2,2-5H3,(H,22,23)/b9-7+. The fraction of sp³-hybridized carbons (Fsp3) is 0.200. The van der Waals surface area contributed by atoms with Crippen molar-refractivity contribution in [1.29, 1.82) is 0 Å². The van der Waals surface area contributed by atoms with Crippen molar-refractivity contribution in [2.75, 3.05) is 28.4 Å². The third-order valence-corrected chi connectivity index (χ3v) is 3.93. The molecule has 0 radical (unpaired) electrons. The molecule has 0 aliphatic carbocycles. The molecule has 0 atom stereocenters. The number of aromatic nitrogens is 1. The second-order valence-electron chi connectivity index (χ2n) is 5.49. The van der Waals surface area contributed by atoms with Crippen LogP contribution in [0.1, 0.15) is 17.0 Å². The van der Waals surface area contributed by atoms with Crippen molar-refractivity contribution >= 4 is 17.6 Å². The van der Waals surface area contributed by atoms with Gasteiger partial charge in [0.05, 0.1) is 34.1 Å². The Balaban J connectivity index is 2.49. The molecule has 0 saturated heterocycles. The lowest BCUT2D eigenvalue weighted by Gasteiger charge is -2.15. The summed E-state index contributed by atoms with van der Waals surface area (Å²) < 4.78 is 21.3. The number of benzene rings is 1. The monoisotopic (exact) mass is 386 g/mol. The normalized spacial score (nSPS) is 10.5. The fourth-order valence-electron chi connectivity index (χ4n) is 2.52. The Bertz CT molecular complexity index is 883. The van der Waals surface area contributed by atoms with Crippen LogP contribution < -0.4 is 24.4 Å². The van der Waals surface area contributed by atoms with Gasteiger partial charge in [-0.3, -0.25) is 10.0 Å². The lowest BCUT2D eigenvalue weighted by Crippen LogP contribution is -2.14. The first-order valence-electron chi connectivity index (χ1n) is 8.15. The number of rotatable bonds is 8. The van der Waals surface area contributed by atoms with Gasteiger partial charge in [-0.1, -0.05) is 6.58 Å². The minimum Gasteiger partial charge on any atom is -0.494 e. The van der Waals surface area contributed by atoms with E-state index >= 15 is 0 Å². The molecule has 28 heavy (non-hydrogen) atoms. The van der Waals surface area contributed by atoms with Gasteiger partial charge in [-0.05, 0) is 35.9 Å². The van der Waals surface area contributed by atoms with Crippen LogP contribution in [0.4, 0.5) is 0 Å². The van der Waals surface area contributed by atoms with Crippen LogP contribution in [-0.4, -0.2) is 44.5 Å². The first kappa shape index (κ1) is 20.8. The minimum absolute atomic E-state index is 0.400. The van der Waals surface area contributed by atoms with Gasteiger partial charge < -0.3 is 18.9 Å². The van der Waals surface area contributed by atoms with Crippen molar-refractivity contribution in [2.24, 2.45) is 0 Å². The molecule has 0 spiro atoms. The molecule has 2 rings (SSSR count). The zero-order chi connectivity index (χ0) is 20.7. The number of carbonyl (C=O) groups is 1. The van der Waals surface area contributed by atoms with Crippen LogP contribution in [0.15, 0.2) is 36.9 Å². The van der Waals surface area contributed by atoms with Gasteiger partial charge in [0.1, 0.15) is 11.4 Å². The zero-order valence-corrected chi connectivity index (χ0v) is 16.1. The van der Waals surface area contributed by atoms with E-state index in [0.29, 0.717) is 40.0 Å². The van der Waals surface area contributed by atoms with Gasteiger partial charge in [-0.15, -0.1) is 0 Å². The molecule has 1 aromatic carbocycles. The summed E-state index contributed by atoms with van der Waals surface area (Å²) in [7, 11) is 6.09. The van der Waals surface area contributed by atoms with E-state index in [1.807, 2.05) is 0 Å². The van der Waals surface area contributed by atoms with Gasteiger partial charge in [0, 0.05) is 11.6 Å². The highest BCUT2D eigenvalue weighted by Crippen LogP contribution is 2.40. The molecule has 2 aromatic rings. The molecule has 0 unspecified atom stereocenters. The van der Waals surface area contributed by atoms with Crippen LogP contribution in [-0.2, 0) is 4.79 Å². The fourth-order valence-corrected chi connectivity index (χ4v) is 2.52. The Morgan fingerprint density at radius 1 is 1.04 bits per heavy atom. The molecule has 0 aliphatic heterocycles. The smallest absolute Gasteiger partial charge is 0.267 e. The number of hydroxylamine groups is 1. The van der Waals surface area contributed by atoms with Crippen LogP contribution in [0.3, 0.4) is 0 Å². The largest absolute Gasteiger partial charge is 0.494 e. The summed E-state index contributed by atoms with van der Waals surface area (Å²) in [5, 5.41) is 8.62. The van der Waals surface area contributed by atoms with Crippen molar-refractivity contribution in [3.05, 3.63) is 53.9 Å². The molecule has 0 bridgehead atoms. The Kier molecular flexibility index (Phi) is 7.00. The maximum atomic E-state index is 11.3. The third-order valence-electron chi connectivity index (χ3n) is 3.93. The van der Waals surface area contributed by atoms with Crippen LogP contribution in [0.25, 0.3) is 11.6 Å². The number of nitrogens with one attached hydrogen (secondary N) is 1. The lowest BCUT2D eigenvalue weighted by atomic mass is 10.0. The van der Waals surface area contributed by atoms with Gasteiger partial charge in [0.15, 0.2) is 11.5 Å².